The lowest BCUT2D eigenvalue weighted by atomic mass is 10.2. The first-order chi connectivity index (χ1) is 14.4. The van der Waals surface area contributed by atoms with Crippen LogP contribution in [0.4, 0.5) is 5.69 Å². The molecule has 2 aromatic carbocycles. The van der Waals surface area contributed by atoms with Crippen molar-refractivity contribution >= 4 is 15.7 Å². The molecule has 152 valence electrons. The number of nitrogens with one attached hydrogen (secondary N) is 1. The van der Waals surface area contributed by atoms with Gasteiger partial charge >= 0.3 is 0 Å². The molecule has 4 rings (SSSR count). The van der Waals surface area contributed by atoms with Crippen molar-refractivity contribution < 1.29 is 13.2 Å². The molecule has 1 N–H and O–H groups in total. The van der Waals surface area contributed by atoms with E-state index in [-0.39, 0.29) is 4.90 Å². The number of hydrogen-bond acceptors (Lipinski definition) is 6. The van der Waals surface area contributed by atoms with E-state index in [1.54, 1.807) is 60.9 Å². The molecule has 0 aliphatic carbocycles. The number of aryl methyl sites for hydroxylation is 2. The number of ether oxygens (including phenoxy) is 1. The van der Waals surface area contributed by atoms with Gasteiger partial charge in [0.05, 0.1) is 4.90 Å². The molecule has 0 atom stereocenters. The highest BCUT2D eigenvalue weighted by atomic mass is 32.2. The van der Waals surface area contributed by atoms with Gasteiger partial charge in [0, 0.05) is 24.1 Å². The smallest absolute Gasteiger partial charge is 0.261 e. The van der Waals surface area contributed by atoms with Gasteiger partial charge in [0.1, 0.15) is 23.7 Å². The average Bonchev–Trinajstić information content (AvgIpc) is 3.15. The van der Waals surface area contributed by atoms with Crippen molar-refractivity contribution in [1.29, 1.82) is 0 Å². The van der Waals surface area contributed by atoms with Crippen molar-refractivity contribution in [3.8, 4) is 17.4 Å². The fourth-order valence-corrected chi connectivity index (χ4v) is 4.01. The van der Waals surface area contributed by atoms with Gasteiger partial charge in [-0.15, -0.1) is 0 Å². The number of aromatic nitrogens is 4. The number of imidazole rings is 1. The maximum Gasteiger partial charge on any atom is 0.261 e. The Morgan fingerprint density at radius 2 is 1.77 bits per heavy atom. The van der Waals surface area contributed by atoms with E-state index >= 15 is 0 Å². The summed E-state index contributed by atoms with van der Waals surface area (Å²) >= 11 is 0. The highest BCUT2D eigenvalue weighted by Crippen LogP contribution is 2.24. The third-order valence-electron chi connectivity index (χ3n) is 4.33. The standard InChI is InChI=1S/C21H19N5O3S/c1-15-4-3-5-19(12-15)30(27,28)25-17-6-8-18(9-7-17)29-21-13-20(23-14-24-21)26-11-10-22-16(26)2/h3-14,25H,1-2H3. The summed E-state index contributed by atoms with van der Waals surface area (Å²) in [5, 5.41) is 0. The van der Waals surface area contributed by atoms with Crippen LogP contribution >= 0.6 is 0 Å². The van der Waals surface area contributed by atoms with Crippen LogP contribution in [0.1, 0.15) is 11.4 Å². The zero-order chi connectivity index (χ0) is 21.1. The minimum Gasteiger partial charge on any atom is -0.439 e. The first kappa shape index (κ1) is 19.6. The zero-order valence-corrected chi connectivity index (χ0v) is 17.2. The lowest BCUT2D eigenvalue weighted by molar-refractivity contribution is 0.461. The van der Waals surface area contributed by atoms with Gasteiger partial charge in [-0.1, -0.05) is 12.1 Å². The molecular formula is C21H19N5O3S. The van der Waals surface area contributed by atoms with Crippen LogP contribution < -0.4 is 9.46 Å². The minimum absolute atomic E-state index is 0.214. The van der Waals surface area contributed by atoms with Crippen LogP contribution in [-0.2, 0) is 10.0 Å². The number of anilines is 1. The quantitative estimate of drug-likeness (QED) is 0.507. The third-order valence-corrected chi connectivity index (χ3v) is 5.71. The number of rotatable bonds is 6. The highest BCUT2D eigenvalue weighted by Gasteiger charge is 2.14. The Bertz CT molecular complexity index is 1280. The molecule has 0 unspecified atom stereocenters. The maximum absolute atomic E-state index is 12.5. The largest absolute Gasteiger partial charge is 0.439 e. The predicted octanol–water partition coefficient (Wildman–Crippen LogP) is 3.87. The molecule has 2 heterocycles. The Morgan fingerprint density at radius 1 is 0.967 bits per heavy atom. The molecule has 8 nitrogen and oxygen atoms in total. The first-order valence-corrected chi connectivity index (χ1v) is 10.6. The minimum atomic E-state index is -3.66. The molecule has 0 fully saturated rings. The number of benzene rings is 2. The van der Waals surface area contributed by atoms with Crippen LogP contribution in [0.5, 0.6) is 11.6 Å². The lowest BCUT2D eigenvalue weighted by Gasteiger charge is -2.10. The molecule has 0 amide bonds. The molecule has 9 heteroatoms. The second-order valence-corrected chi connectivity index (χ2v) is 8.29. The SMILES string of the molecule is Cc1cccc(S(=O)(=O)Nc2ccc(Oc3cc(-n4ccnc4C)ncn3)cc2)c1. The van der Waals surface area contributed by atoms with Crippen LogP contribution in [0.3, 0.4) is 0 Å². The molecular weight excluding hydrogens is 402 g/mol. The summed E-state index contributed by atoms with van der Waals surface area (Å²) in [4.78, 5) is 12.7. The van der Waals surface area contributed by atoms with Crippen molar-refractivity contribution in [2.24, 2.45) is 0 Å². The molecule has 30 heavy (non-hydrogen) atoms. The van der Waals surface area contributed by atoms with Gasteiger partial charge in [-0.25, -0.2) is 23.4 Å². The Morgan fingerprint density at radius 3 is 2.47 bits per heavy atom. The van der Waals surface area contributed by atoms with Crippen LogP contribution in [-0.4, -0.2) is 27.9 Å². The number of sulfonamides is 1. The molecule has 0 bridgehead atoms. The summed E-state index contributed by atoms with van der Waals surface area (Å²) in [6, 6.07) is 15.0. The molecule has 4 aromatic rings. The van der Waals surface area contributed by atoms with Crippen molar-refractivity contribution in [2.45, 2.75) is 18.7 Å². The zero-order valence-electron chi connectivity index (χ0n) is 16.4. The summed E-state index contributed by atoms with van der Waals surface area (Å²) in [5.41, 5.74) is 1.30. The van der Waals surface area contributed by atoms with E-state index in [0.29, 0.717) is 23.1 Å². The van der Waals surface area contributed by atoms with Crippen LogP contribution in [0.2, 0.25) is 0 Å². The predicted molar refractivity (Wildman–Crippen MR) is 112 cm³/mol. The summed E-state index contributed by atoms with van der Waals surface area (Å²) < 4.78 is 35.2. The molecule has 0 aliphatic heterocycles. The van der Waals surface area contributed by atoms with Crippen LogP contribution in [0.15, 0.2) is 78.2 Å². The lowest BCUT2D eigenvalue weighted by Crippen LogP contribution is -2.12. The van der Waals surface area contributed by atoms with E-state index in [2.05, 4.69) is 19.7 Å². The fraction of sp³-hybridized carbons (Fsp3) is 0.0952. The topological polar surface area (TPSA) is 99.0 Å². The van der Waals surface area contributed by atoms with Gasteiger partial charge < -0.3 is 4.74 Å². The van der Waals surface area contributed by atoms with Crippen molar-refractivity contribution in [3.63, 3.8) is 0 Å². The van der Waals surface area contributed by atoms with Gasteiger partial charge in [0.15, 0.2) is 0 Å². The van der Waals surface area contributed by atoms with E-state index in [4.69, 9.17) is 4.74 Å². The van der Waals surface area contributed by atoms with Crippen molar-refractivity contribution in [1.82, 2.24) is 19.5 Å². The van der Waals surface area contributed by atoms with Gasteiger partial charge in [0.25, 0.3) is 10.0 Å². The second-order valence-electron chi connectivity index (χ2n) is 6.61. The fourth-order valence-electron chi connectivity index (χ4n) is 2.85. The van der Waals surface area contributed by atoms with E-state index in [9.17, 15) is 8.42 Å². The van der Waals surface area contributed by atoms with E-state index in [1.165, 1.54) is 6.33 Å². The molecule has 0 aliphatic rings. The summed E-state index contributed by atoms with van der Waals surface area (Å²) in [7, 11) is -3.66. The molecule has 0 spiro atoms. The summed E-state index contributed by atoms with van der Waals surface area (Å²) in [5.74, 6) is 2.31. The second kappa shape index (κ2) is 7.96. The molecule has 2 aromatic heterocycles. The Balaban J connectivity index is 1.49. The maximum atomic E-state index is 12.5. The number of hydrogen-bond donors (Lipinski definition) is 1. The normalized spacial score (nSPS) is 11.3. The van der Waals surface area contributed by atoms with Crippen molar-refractivity contribution in [3.05, 3.63) is 84.7 Å². The van der Waals surface area contributed by atoms with Crippen LogP contribution in [0, 0.1) is 13.8 Å². The Hall–Kier alpha value is -3.72. The molecule has 0 saturated carbocycles. The summed E-state index contributed by atoms with van der Waals surface area (Å²) in [6.07, 6.45) is 4.90. The average molecular weight is 421 g/mol. The van der Waals surface area contributed by atoms with E-state index in [0.717, 1.165) is 11.4 Å². The van der Waals surface area contributed by atoms with E-state index in [1.807, 2.05) is 24.5 Å². The monoisotopic (exact) mass is 421 g/mol. The first-order valence-electron chi connectivity index (χ1n) is 9.10. The highest BCUT2D eigenvalue weighted by molar-refractivity contribution is 7.92. The Labute approximate surface area is 174 Å². The van der Waals surface area contributed by atoms with Gasteiger partial charge in [-0.05, 0) is 55.8 Å². The molecule has 0 radical (unpaired) electrons. The van der Waals surface area contributed by atoms with Crippen molar-refractivity contribution in [2.75, 3.05) is 4.72 Å². The Kier molecular flexibility index (Phi) is 5.20. The third kappa shape index (κ3) is 4.31. The van der Waals surface area contributed by atoms with Gasteiger partial charge in [0.2, 0.25) is 5.88 Å². The summed E-state index contributed by atoms with van der Waals surface area (Å²) in [6.45, 7) is 3.72. The molecule has 0 saturated heterocycles. The van der Waals surface area contributed by atoms with Gasteiger partial charge in [-0.2, -0.15) is 0 Å². The number of nitrogens with zero attached hydrogens (tertiary/aromatic N) is 4. The van der Waals surface area contributed by atoms with E-state index < -0.39 is 10.0 Å². The van der Waals surface area contributed by atoms with Gasteiger partial charge in [-0.3, -0.25) is 9.29 Å². The van der Waals surface area contributed by atoms with Crippen LogP contribution in [0.25, 0.3) is 5.82 Å².